The molecule has 0 saturated heterocycles. The van der Waals surface area contributed by atoms with Crippen molar-refractivity contribution in [3.63, 3.8) is 0 Å². The van der Waals surface area contributed by atoms with Gasteiger partial charge in [0.1, 0.15) is 17.2 Å². The van der Waals surface area contributed by atoms with E-state index in [1.807, 2.05) is 6.07 Å². The van der Waals surface area contributed by atoms with Crippen molar-refractivity contribution in [2.45, 2.75) is 0 Å². The van der Waals surface area contributed by atoms with Crippen LogP contribution in [0.5, 0.6) is 11.5 Å². The van der Waals surface area contributed by atoms with Gasteiger partial charge in [0.2, 0.25) is 0 Å². The average Bonchev–Trinajstić information content (AvgIpc) is 2.96. The van der Waals surface area contributed by atoms with Gasteiger partial charge >= 0.3 is 0 Å². The molecule has 2 amide bonds. The van der Waals surface area contributed by atoms with E-state index in [4.69, 9.17) is 14.2 Å². The van der Waals surface area contributed by atoms with Crippen LogP contribution in [0.3, 0.4) is 0 Å². The van der Waals surface area contributed by atoms with Gasteiger partial charge in [0.15, 0.2) is 0 Å². The third kappa shape index (κ3) is 3.70. The molecule has 0 fully saturated rings. The van der Waals surface area contributed by atoms with Crippen LogP contribution in [-0.4, -0.2) is 51.2 Å². The zero-order valence-corrected chi connectivity index (χ0v) is 16.0. The summed E-state index contributed by atoms with van der Waals surface area (Å²) < 4.78 is 15.6. The molecule has 1 aliphatic heterocycles. The third-order valence-corrected chi connectivity index (χ3v) is 4.42. The van der Waals surface area contributed by atoms with E-state index in [9.17, 15) is 9.59 Å². The number of methoxy groups -OCH3 is 3. The number of carbonyl (C=O) groups excluding carboxylic acids is 2. The van der Waals surface area contributed by atoms with E-state index in [0.29, 0.717) is 22.7 Å². The number of para-hydroxylation sites is 1. The fourth-order valence-electron chi connectivity index (χ4n) is 3.00. The fraction of sp³-hybridized carbons (Fsp3) is 0.238. The molecule has 3 rings (SSSR count). The van der Waals surface area contributed by atoms with Crippen molar-refractivity contribution in [1.29, 1.82) is 0 Å². The standard InChI is InChI=1S/C21H22N2O5/c1-26-13-12-23-20(24)18(16-6-4-5-7-17(16)28-3)19(21(23)25)22-14-8-10-15(27-2)11-9-14/h4-11,22H,12-13H2,1-3H3. The number of amides is 2. The molecule has 0 bridgehead atoms. The highest BCUT2D eigenvalue weighted by Crippen LogP contribution is 2.35. The van der Waals surface area contributed by atoms with Gasteiger partial charge in [-0.15, -0.1) is 0 Å². The number of rotatable bonds is 8. The van der Waals surface area contributed by atoms with Gasteiger partial charge in [-0.3, -0.25) is 14.5 Å². The summed E-state index contributed by atoms with van der Waals surface area (Å²) in [7, 11) is 4.63. The molecule has 146 valence electrons. The van der Waals surface area contributed by atoms with E-state index in [-0.39, 0.29) is 30.3 Å². The summed E-state index contributed by atoms with van der Waals surface area (Å²) in [4.78, 5) is 27.2. The fourth-order valence-corrected chi connectivity index (χ4v) is 3.00. The summed E-state index contributed by atoms with van der Waals surface area (Å²) in [5.41, 5.74) is 1.70. The Morgan fingerprint density at radius 2 is 1.61 bits per heavy atom. The molecule has 7 heteroatoms. The van der Waals surface area contributed by atoms with E-state index in [0.717, 1.165) is 0 Å². The van der Waals surface area contributed by atoms with Gasteiger partial charge in [-0.2, -0.15) is 0 Å². The number of hydrogen-bond donors (Lipinski definition) is 1. The van der Waals surface area contributed by atoms with Crippen LogP contribution in [0.1, 0.15) is 5.56 Å². The molecule has 2 aromatic carbocycles. The molecule has 1 aliphatic rings. The third-order valence-electron chi connectivity index (χ3n) is 4.42. The first-order valence-corrected chi connectivity index (χ1v) is 8.74. The molecule has 0 saturated carbocycles. The van der Waals surface area contributed by atoms with Crippen molar-refractivity contribution in [2.24, 2.45) is 0 Å². The maximum absolute atomic E-state index is 13.1. The number of ether oxygens (including phenoxy) is 3. The predicted molar refractivity (Wildman–Crippen MR) is 105 cm³/mol. The molecular formula is C21H22N2O5. The van der Waals surface area contributed by atoms with Crippen molar-refractivity contribution in [2.75, 3.05) is 39.8 Å². The van der Waals surface area contributed by atoms with Crippen LogP contribution in [0, 0.1) is 0 Å². The molecule has 7 nitrogen and oxygen atoms in total. The Balaban J connectivity index is 2.05. The van der Waals surface area contributed by atoms with Crippen LogP contribution in [0.15, 0.2) is 54.2 Å². The maximum Gasteiger partial charge on any atom is 0.278 e. The topological polar surface area (TPSA) is 77.1 Å². The summed E-state index contributed by atoms with van der Waals surface area (Å²) in [6.45, 7) is 0.424. The minimum Gasteiger partial charge on any atom is -0.497 e. The molecule has 0 radical (unpaired) electrons. The van der Waals surface area contributed by atoms with E-state index in [2.05, 4.69) is 5.32 Å². The van der Waals surface area contributed by atoms with Gasteiger partial charge in [0.05, 0.1) is 32.9 Å². The van der Waals surface area contributed by atoms with Gasteiger partial charge in [0.25, 0.3) is 11.8 Å². The van der Waals surface area contributed by atoms with Gasteiger partial charge in [0, 0.05) is 18.4 Å². The predicted octanol–water partition coefficient (Wildman–Crippen LogP) is 2.54. The summed E-state index contributed by atoms with van der Waals surface area (Å²) in [5.74, 6) is 0.419. The van der Waals surface area contributed by atoms with Crippen LogP contribution in [0.2, 0.25) is 0 Å². The minimum atomic E-state index is -0.404. The second kappa shape index (κ2) is 8.58. The second-order valence-corrected chi connectivity index (χ2v) is 6.06. The summed E-state index contributed by atoms with van der Waals surface area (Å²) in [6, 6.07) is 14.2. The molecule has 0 aliphatic carbocycles. The quantitative estimate of drug-likeness (QED) is 0.707. The Kier molecular flexibility index (Phi) is 5.96. The number of benzene rings is 2. The molecule has 0 atom stereocenters. The van der Waals surface area contributed by atoms with Crippen LogP contribution >= 0.6 is 0 Å². The lowest BCUT2D eigenvalue weighted by Crippen LogP contribution is -2.35. The number of nitrogens with one attached hydrogen (secondary N) is 1. The number of imide groups is 1. The molecule has 28 heavy (non-hydrogen) atoms. The number of nitrogens with zero attached hydrogens (tertiary/aromatic N) is 1. The lowest BCUT2D eigenvalue weighted by molar-refractivity contribution is -0.137. The number of hydrogen-bond acceptors (Lipinski definition) is 6. The zero-order chi connectivity index (χ0) is 20.1. The second-order valence-electron chi connectivity index (χ2n) is 6.06. The Morgan fingerprint density at radius 1 is 0.893 bits per heavy atom. The van der Waals surface area contributed by atoms with Gasteiger partial charge < -0.3 is 19.5 Å². The van der Waals surface area contributed by atoms with Gasteiger partial charge in [-0.1, -0.05) is 18.2 Å². The van der Waals surface area contributed by atoms with Crippen LogP contribution in [0.4, 0.5) is 5.69 Å². The zero-order valence-electron chi connectivity index (χ0n) is 16.0. The van der Waals surface area contributed by atoms with E-state index in [1.54, 1.807) is 49.6 Å². The molecule has 0 spiro atoms. The first-order valence-electron chi connectivity index (χ1n) is 8.74. The van der Waals surface area contributed by atoms with E-state index < -0.39 is 5.91 Å². The smallest absolute Gasteiger partial charge is 0.278 e. The molecule has 2 aromatic rings. The Bertz CT molecular complexity index is 905. The van der Waals surface area contributed by atoms with Crippen LogP contribution in [-0.2, 0) is 14.3 Å². The lowest BCUT2D eigenvalue weighted by Gasteiger charge is -2.14. The molecule has 1 N–H and O–H groups in total. The highest BCUT2D eigenvalue weighted by molar-refractivity contribution is 6.37. The minimum absolute atomic E-state index is 0.167. The summed E-state index contributed by atoms with van der Waals surface area (Å²) in [6.07, 6.45) is 0. The first kappa shape index (κ1) is 19.4. The van der Waals surface area contributed by atoms with Crippen LogP contribution in [0.25, 0.3) is 5.57 Å². The number of anilines is 1. The lowest BCUT2D eigenvalue weighted by atomic mass is 10.0. The summed E-state index contributed by atoms with van der Waals surface area (Å²) in [5, 5.41) is 3.09. The van der Waals surface area contributed by atoms with E-state index in [1.165, 1.54) is 19.1 Å². The summed E-state index contributed by atoms with van der Waals surface area (Å²) >= 11 is 0. The normalized spacial score (nSPS) is 13.9. The first-order chi connectivity index (χ1) is 13.6. The molecule has 0 unspecified atom stereocenters. The van der Waals surface area contributed by atoms with Crippen molar-refractivity contribution in [3.8, 4) is 11.5 Å². The molecule has 0 aromatic heterocycles. The van der Waals surface area contributed by atoms with Gasteiger partial charge in [-0.25, -0.2) is 0 Å². The highest BCUT2D eigenvalue weighted by atomic mass is 16.5. The highest BCUT2D eigenvalue weighted by Gasteiger charge is 2.39. The van der Waals surface area contributed by atoms with Crippen molar-refractivity contribution in [3.05, 3.63) is 59.8 Å². The SMILES string of the molecule is COCCN1C(=O)C(Nc2ccc(OC)cc2)=C(c2ccccc2OC)C1=O. The Hall–Kier alpha value is -3.32. The number of carbonyl (C=O) groups is 2. The average molecular weight is 382 g/mol. The Morgan fingerprint density at radius 3 is 2.25 bits per heavy atom. The van der Waals surface area contributed by atoms with E-state index >= 15 is 0 Å². The van der Waals surface area contributed by atoms with Crippen molar-refractivity contribution >= 4 is 23.1 Å². The largest absolute Gasteiger partial charge is 0.497 e. The monoisotopic (exact) mass is 382 g/mol. The van der Waals surface area contributed by atoms with Gasteiger partial charge in [-0.05, 0) is 30.3 Å². The molecule has 1 heterocycles. The van der Waals surface area contributed by atoms with Crippen molar-refractivity contribution in [1.82, 2.24) is 4.90 Å². The van der Waals surface area contributed by atoms with Crippen LogP contribution < -0.4 is 14.8 Å². The van der Waals surface area contributed by atoms with Crippen molar-refractivity contribution < 1.29 is 23.8 Å². The maximum atomic E-state index is 13.1. The molecular weight excluding hydrogens is 360 g/mol. The Labute approximate surface area is 163 Å².